The first-order valence-corrected chi connectivity index (χ1v) is 10.5. The lowest BCUT2D eigenvalue weighted by molar-refractivity contribution is -0.120. The number of benzene rings is 2. The van der Waals surface area contributed by atoms with Crippen molar-refractivity contribution in [2.45, 2.75) is 36.5 Å². The molecule has 0 aromatic heterocycles. The van der Waals surface area contributed by atoms with Crippen LogP contribution in [0, 0.1) is 5.92 Å². The number of sulfone groups is 1. The first kappa shape index (κ1) is 18.6. The normalized spacial score (nSPS) is 20.5. The summed E-state index contributed by atoms with van der Waals surface area (Å²) in [4.78, 5) is 12.9. The van der Waals surface area contributed by atoms with Gasteiger partial charge in [0.25, 0.3) is 0 Å². The van der Waals surface area contributed by atoms with Crippen molar-refractivity contribution in [2.75, 3.05) is 11.9 Å². The Bertz CT molecular complexity index is 866. The van der Waals surface area contributed by atoms with Gasteiger partial charge in [0.1, 0.15) is 0 Å². The molecule has 0 unspecified atom stereocenters. The minimum absolute atomic E-state index is 0.0390. The van der Waals surface area contributed by atoms with Crippen LogP contribution in [-0.2, 0) is 20.4 Å². The number of carbonyl (C=O) groups excluding carboxylic acids is 1. The molecule has 2 atom stereocenters. The molecule has 0 saturated carbocycles. The number of amides is 1. The molecule has 1 saturated heterocycles. The van der Waals surface area contributed by atoms with Gasteiger partial charge in [-0.15, -0.1) is 0 Å². The van der Waals surface area contributed by atoms with Crippen LogP contribution >= 0.6 is 0 Å². The van der Waals surface area contributed by atoms with E-state index >= 15 is 0 Å². The van der Waals surface area contributed by atoms with E-state index in [9.17, 15) is 13.2 Å². The minimum Gasteiger partial charge on any atom is -0.326 e. The fraction of sp³-hybridized carbons (Fsp3) is 0.350. The van der Waals surface area contributed by atoms with Crippen LogP contribution < -0.4 is 10.6 Å². The lowest BCUT2D eigenvalue weighted by Crippen LogP contribution is -2.40. The van der Waals surface area contributed by atoms with Gasteiger partial charge in [0.2, 0.25) is 5.91 Å². The quantitative estimate of drug-likeness (QED) is 0.846. The van der Waals surface area contributed by atoms with Crippen LogP contribution in [0.25, 0.3) is 0 Å². The van der Waals surface area contributed by atoms with Crippen molar-refractivity contribution in [3.05, 3.63) is 60.2 Å². The summed E-state index contributed by atoms with van der Waals surface area (Å²) in [5, 5.41) is 6.28. The Hall–Kier alpha value is -2.18. The molecular formula is C20H24N2O3S. The van der Waals surface area contributed by atoms with E-state index in [1.807, 2.05) is 0 Å². The average Bonchev–Trinajstić information content (AvgIpc) is 2.64. The van der Waals surface area contributed by atoms with Crippen LogP contribution in [0.5, 0.6) is 0 Å². The number of anilines is 1. The molecule has 3 rings (SSSR count). The third kappa shape index (κ3) is 4.51. The molecule has 0 spiro atoms. The van der Waals surface area contributed by atoms with E-state index in [1.54, 1.807) is 54.6 Å². The summed E-state index contributed by atoms with van der Waals surface area (Å²) in [6.07, 6.45) is 1.58. The van der Waals surface area contributed by atoms with Crippen molar-refractivity contribution in [1.82, 2.24) is 5.32 Å². The fourth-order valence-electron chi connectivity index (χ4n) is 3.29. The topological polar surface area (TPSA) is 75.3 Å². The van der Waals surface area contributed by atoms with Crippen molar-refractivity contribution in [3.8, 4) is 0 Å². The van der Waals surface area contributed by atoms with Crippen LogP contribution in [-0.4, -0.2) is 26.9 Å². The Labute approximate surface area is 154 Å². The summed E-state index contributed by atoms with van der Waals surface area (Å²) >= 11 is 0. The molecule has 2 aromatic carbocycles. The molecule has 0 aliphatic carbocycles. The number of hydrogen-bond donors (Lipinski definition) is 2. The highest BCUT2D eigenvalue weighted by molar-refractivity contribution is 7.90. The lowest BCUT2D eigenvalue weighted by atomic mass is 9.92. The highest BCUT2D eigenvalue weighted by Gasteiger charge is 2.25. The summed E-state index contributed by atoms with van der Waals surface area (Å²) < 4.78 is 25.3. The molecule has 2 N–H and O–H groups in total. The smallest absolute Gasteiger partial charge is 0.227 e. The Balaban J connectivity index is 1.77. The van der Waals surface area contributed by atoms with Gasteiger partial charge in [-0.3, -0.25) is 4.79 Å². The minimum atomic E-state index is -3.47. The molecule has 1 aliphatic rings. The fourth-order valence-corrected chi connectivity index (χ4v) is 4.69. The number of carbonyl (C=O) groups is 1. The molecule has 1 aliphatic heterocycles. The first-order chi connectivity index (χ1) is 12.5. The van der Waals surface area contributed by atoms with Crippen LogP contribution in [0.1, 0.15) is 25.3 Å². The van der Waals surface area contributed by atoms with Gasteiger partial charge in [-0.25, -0.2) is 8.42 Å². The number of rotatable bonds is 5. The second kappa shape index (κ2) is 8.01. The molecule has 0 radical (unpaired) electrons. The molecule has 26 heavy (non-hydrogen) atoms. The number of nitrogens with one attached hydrogen (secondary N) is 2. The van der Waals surface area contributed by atoms with Gasteiger partial charge in [-0.2, -0.15) is 0 Å². The standard InChI is InChI=1S/C20H24N2O3S/c1-15-13-16(11-12-21-15)20(23)22-19-10-6-5-7-17(19)14-26(24,25)18-8-3-2-4-9-18/h2-10,15-16,21H,11-14H2,1H3,(H,22,23)/t15-,16-/m0/s1. The SMILES string of the molecule is C[C@H]1C[C@@H](C(=O)Nc2ccccc2CS(=O)(=O)c2ccccc2)CCN1. The van der Waals surface area contributed by atoms with Crippen molar-refractivity contribution in [3.63, 3.8) is 0 Å². The van der Waals surface area contributed by atoms with E-state index < -0.39 is 9.84 Å². The van der Waals surface area contributed by atoms with Crippen LogP contribution in [0.4, 0.5) is 5.69 Å². The monoisotopic (exact) mass is 372 g/mol. The first-order valence-electron chi connectivity index (χ1n) is 8.85. The van der Waals surface area contributed by atoms with Gasteiger partial charge in [0, 0.05) is 17.6 Å². The van der Waals surface area contributed by atoms with Crippen molar-refractivity contribution in [1.29, 1.82) is 0 Å². The third-order valence-electron chi connectivity index (χ3n) is 4.72. The van der Waals surface area contributed by atoms with Gasteiger partial charge >= 0.3 is 0 Å². The zero-order valence-electron chi connectivity index (χ0n) is 14.8. The van der Waals surface area contributed by atoms with Gasteiger partial charge < -0.3 is 10.6 Å². The maximum atomic E-state index is 12.7. The van der Waals surface area contributed by atoms with Gasteiger partial charge in [0.15, 0.2) is 9.84 Å². The number of hydrogen-bond acceptors (Lipinski definition) is 4. The van der Waals surface area contributed by atoms with Crippen LogP contribution in [0.15, 0.2) is 59.5 Å². The van der Waals surface area contributed by atoms with Crippen LogP contribution in [0.2, 0.25) is 0 Å². The van der Waals surface area contributed by atoms with Crippen LogP contribution in [0.3, 0.4) is 0 Å². The molecule has 138 valence electrons. The predicted molar refractivity (Wildman–Crippen MR) is 103 cm³/mol. The summed E-state index contributed by atoms with van der Waals surface area (Å²) in [6, 6.07) is 15.8. The van der Waals surface area contributed by atoms with E-state index in [4.69, 9.17) is 0 Å². The van der Waals surface area contributed by atoms with Crippen molar-refractivity contribution in [2.24, 2.45) is 5.92 Å². The van der Waals surface area contributed by atoms with Gasteiger partial charge in [0.05, 0.1) is 10.6 Å². The van der Waals surface area contributed by atoms with E-state index in [2.05, 4.69) is 17.6 Å². The molecule has 0 bridgehead atoms. The number of para-hydroxylation sites is 1. The summed E-state index contributed by atoms with van der Waals surface area (Å²) in [7, 11) is -3.47. The zero-order valence-corrected chi connectivity index (χ0v) is 15.6. The Morgan fingerprint density at radius 1 is 1.12 bits per heavy atom. The van der Waals surface area contributed by atoms with E-state index in [0.717, 1.165) is 19.4 Å². The zero-order chi connectivity index (χ0) is 18.6. The molecule has 2 aromatic rings. The summed E-state index contributed by atoms with van der Waals surface area (Å²) in [5.74, 6) is -0.233. The highest BCUT2D eigenvalue weighted by atomic mass is 32.2. The summed E-state index contributed by atoms with van der Waals surface area (Å²) in [6.45, 7) is 2.89. The second-order valence-corrected chi connectivity index (χ2v) is 8.78. The van der Waals surface area contributed by atoms with Gasteiger partial charge in [-0.05, 0) is 50.1 Å². The average molecular weight is 372 g/mol. The van der Waals surface area contributed by atoms with Crippen molar-refractivity contribution >= 4 is 21.4 Å². The van der Waals surface area contributed by atoms with Gasteiger partial charge in [-0.1, -0.05) is 36.4 Å². The van der Waals surface area contributed by atoms with Crippen molar-refractivity contribution < 1.29 is 13.2 Å². The maximum absolute atomic E-state index is 12.7. The molecule has 1 fully saturated rings. The van der Waals surface area contributed by atoms with E-state index in [-0.39, 0.29) is 22.5 Å². The summed E-state index contributed by atoms with van der Waals surface area (Å²) in [5.41, 5.74) is 1.18. The van der Waals surface area contributed by atoms with E-state index in [1.165, 1.54) is 0 Å². The second-order valence-electron chi connectivity index (χ2n) is 6.80. The van der Waals surface area contributed by atoms with E-state index in [0.29, 0.717) is 17.3 Å². The Morgan fingerprint density at radius 2 is 1.81 bits per heavy atom. The Kier molecular flexibility index (Phi) is 5.74. The molecule has 5 nitrogen and oxygen atoms in total. The lowest BCUT2D eigenvalue weighted by Gasteiger charge is -2.27. The number of piperidine rings is 1. The largest absolute Gasteiger partial charge is 0.326 e. The molecule has 1 heterocycles. The third-order valence-corrected chi connectivity index (χ3v) is 6.40. The molecule has 6 heteroatoms. The Morgan fingerprint density at radius 3 is 2.54 bits per heavy atom. The maximum Gasteiger partial charge on any atom is 0.227 e. The highest BCUT2D eigenvalue weighted by Crippen LogP contribution is 2.24. The molecule has 1 amide bonds. The molecular weight excluding hydrogens is 348 g/mol. The predicted octanol–water partition coefficient (Wildman–Crippen LogP) is 2.99.